The number of nitrogens with zero attached hydrogens (tertiary/aromatic N) is 1. The van der Waals surface area contributed by atoms with Crippen molar-refractivity contribution < 1.29 is 14.3 Å². The number of para-hydroxylation sites is 1. The second-order valence-electron chi connectivity index (χ2n) is 4.90. The average Bonchev–Trinajstić information content (AvgIpc) is 2.56. The van der Waals surface area contributed by atoms with Crippen LogP contribution in [0.1, 0.15) is 17.3 Å². The van der Waals surface area contributed by atoms with Crippen LogP contribution in [0.2, 0.25) is 5.02 Å². The molecule has 0 aliphatic carbocycles. The second kappa shape index (κ2) is 7.62. The van der Waals surface area contributed by atoms with Gasteiger partial charge in [0.2, 0.25) is 0 Å². The Bertz CT molecular complexity index is 721. The van der Waals surface area contributed by atoms with Gasteiger partial charge in [0.15, 0.2) is 6.10 Å². The molecule has 1 atom stereocenters. The Morgan fingerprint density at radius 3 is 2.48 bits per heavy atom. The average molecular weight is 397 g/mol. The van der Waals surface area contributed by atoms with Crippen molar-refractivity contribution in [3.8, 4) is 0 Å². The van der Waals surface area contributed by atoms with E-state index in [1.54, 1.807) is 37.4 Å². The molecule has 0 N–H and O–H groups in total. The number of ether oxygens (including phenoxy) is 1. The van der Waals surface area contributed by atoms with Gasteiger partial charge in [-0.1, -0.05) is 45.7 Å². The Labute approximate surface area is 148 Å². The summed E-state index contributed by atoms with van der Waals surface area (Å²) in [5, 5.41) is 0.272. The van der Waals surface area contributed by atoms with Crippen LogP contribution in [0.15, 0.2) is 53.0 Å². The smallest absolute Gasteiger partial charge is 0.340 e. The van der Waals surface area contributed by atoms with E-state index in [1.165, 1.54) is 11.8 Å². The molecule has 0 unspecified atom stereocenters. The summed E-state index contributed by atoms with van der Waals surface area (Å²) >= 11 is 9.27. The molecule has 6 heteroatoms. The first-order valence-electron chi connectivity index (χ1n) is 6.89. The number of carbonyl (C=O) groups excluding carboxylic acids is 2. The zero-order valence-electron chi connectivity index (χ0n) is 12.6. The maximum atomic E-state index is 12.4. The highest BCUT2D eigenvalue weighted by atomic mass is 79.9. The Morgan fingerprint density at radius 2 is 1.83 bits per heavy atom. The monoisotopic (exact) mass is 395 g/mol. The van der Waals surface area contributed by atoms with Crippen LogP contribution in [0.3, 0.4) is 0 Å². The van der Waals surface area contributed by atoms with Gasteiger partial charge >= 0.3 is 5.97 Å². The summed E-state index contributed by atoms with van der Waals surface area (Å²) in [6.07, 6.45) is -0.928. The fraction of sp³-hybridized carbons (Fsp3) is 0.176. The standard InChI is InChI=1S/C17H15BrClNO3/c1-11(16(21)20(2)13-6-4-3-5-7-13)23-17(22)14-10-12(18)8-9-15(14)19/h3-11H,1-2H3/t11-/m0/s1. The van der Waals surface area contributed by atoms with E-state index < -0.39 is 12.1 Å². The Hall–Kier alpha value is -1.85. The number of hydrogen-bond donors (Lipinski definition) is 0. The molecular formula is C17H15BrClNO3. The molecule has 23 heavy (non-hydrogen) atoms. The summed E-state index contributed by atoms with van der Waals surface area (Å²) in [5.74, 6) is -0.964. The van der Waals surface area contributed by atoms with Crippen LogP contribution in [-0.4, -0.2) is 25.0 Å². The number of esters is 1. The first-order chi connectivity index (χ1) is 10.9. The molecule has 0 saturated carbocycles. The van der Waals surface area contributed by atoms with Gasteiger partial charge in [0, 0.05) is 17.2 Å². The van der Waals surface area contributed by atoms with Gasteiger partial charge in [-0.3, -0.25) is 4.79 Å². The summed E-state index contributed by atoms with van der Waals surface area (Å²) in [6.45, 7) is 1.53. The third-order valence-electron chi connectivity index (χ3n) is 3.25. The van der Waals surface area contributed by atoms with Crippen molar-refractivity contribution >= 4 is 45.1 Å². The second-order valence-corrected chi connectivity index (χ2v) is 6.23. The lowest BCUT2D eigenvalue weighted by molar-refractivity contribution is -0.126. The lowest BCUT2D eigenvalue weighted by Gasteiger charge is -2.21. The van der Waals surface area contributed by atoms with Crippen molar-refractivity contribution in [2.75, 3.05) is 11.9 Å². The van der Waals surface area contributed by atoms with E-state index in [1.807, 2.05) is 18.2 Å². The minimum absolute atomic E-state index is 0.211. The van der Waals surface area contributed by atoms with Gasteiger partial charge in [-0.15, -0.1) is 0 Å². The molecule has 0 aliphatic heterocycles. The van der Waals surface area contributed by atoms with Gasteiger partial charge in [0.25, 0.3) is 5.91 Å². The quantitative estimate of drug-likeness (QED) is 0.724. The number of hydrogen-bond acceptors (Lipinski definition) is 3. The number of rotatable bonds is 4. The van der Waals surface area contributed by atoms with Gasteiger partial charge < -0.3 is 9.64 Å². The molecule has 0 fully saturated rings. The first kappa shape index (κ1) is 17.5. The molecule has 1 amide bonds. The molecule has 4 nitrogen and oxygen atoms in total. The predicted octanol–water partition coefficient (Wildman–Crippen LogP) is 4.31. The summed E-state index contributed by atoms with van der Waals surface area (Å²) in [4.78, 5) is 26.0. The van der Waals surface area contributed by atoms with Crippen LogP contribution in [0.5, 0.6) is 0 Å². The molecule has 0 radical (unpaired) electrons. The van der Waals surface area contributed by atoms with Crippen LogP contribution in [0, 0.1) is 0 Å². The van der Waals surface area contributed by atoms with Crippen LogP contribution in [0.25, 0.3) is 0 Å². The van der Waals surface area contributed by atoms with Crippen molar-refractivity contribution in [3.05, 3.63) is 63.6 Å². The van der Waals surface area contributed by atoms with Crippen molar-refractivity contribution in [2.24, 2.45) is 0 Å². The Kier molecular flexibility index (Phi) is 5.80. The van der Waals surface area contributed by atoms with E-state index in [0.29, 0.717) is 4.47 Å². The number of halogens is 2. The van der Waals surface area contributed by atoms with Crippen LogP contribution in [-0.2, 0) is 9.53 Å². The lowest BCUT2D eigenvalue weighted by Crippen LogP contribution is -2.37. The highest BCUT2D eigenvalue weighted by molar-refractivity contribution is 9.10. The van der Waals surface area contributed by atoms with Gasteiger partial charge in [-0.05, 0) is 37.3 Å². The maximum Gasteiger partial charge on any atom is 0.340 e. The maximum absolute atomic E-state index is 12.4. The molecule has 0 heterocycles. The zero-order chi connectivity index (χ0) is 17.0. The molecule has 0 bridgehead atoms. The van der Waals surface area contributed by atoms with E-state index in [2.05, 4.69) is 15.9 Å². The summed E-state index contributed by atoms with van der Waals surface area (Å²) < 4.78 is 5.94. The fourth-order valence-electron chi connectivity index (χ4n) is 1.98. The molecule has 0 aromatic heterocycles. The predicted molar refractivity (Wildman–Crippen MR) is 93.9 cm³/mol. The molecule has 2 aromatic carbocycles. The minimum Gasteiger partial charge on any atom is -0.449 e. The van der Waals surface area contributed by atoms with E-state index in [0.717, 1.165) is 5.69 Å². The topological polar surface area (TPSA) is 46.6 Å². The van der Waals surface area contributed by atoms with Gasteiger partial charge in [0.05, 0.1) is 10.6 Å². The van der Waals surface area contributed by atoms with Crippen molar-refractivity contribution in [1.82, 2.24) is 0 Å². The largest absolute Gasteiger partial charge is 0.449 e. The molecular weight excluding hydrogens is 382 g/mol. The third-order valence-corrected chi connectivity index (χ3v) is 4.08. The minimum atomic E-state index is -0.928. The number of carbonyl (C=O) groups is 2. The molecule has 0 spiro atoms. The third kappa shape index (κ3) is 4.33. The van der Waals surface area contributed by atoms with Crippen LogP contribution < -0.4 is 4.90 Å². The van der Waals surface area contributed by atoms with Crippen molar-refractivity contribution in [1.29, 1.82) is 0 Å². The highest BCUT2D eigenvalue weighted by Gasteiger charge is 2.24. The van der Waals surface area contributed by atoms with Crippen LogP contribution >= 0.6 is 27.5 Å². The SMILES string of the molecule is C[C@H](OC(=O)c1cc(Br)ccc1Cl)C(=O)N(C)c1ccccc1. The van der Waals surface area contributed by atoms with Gasteiger partial charge in [-0.25, -0.2) is 4.79 Å². The van der Waals surface area contributed by atoms with E-state index in [4.69, 9.17) is 16.3 Å². The first-order valence-corrected chi connectivity index (χ1v) is 8.06. The van der Waals surface area contributed by atoms with E-state index >= 15 is 0 Å². The van der Waals surface area contributed by atoms with Crippen LogP contribution in [0.4, 0.5) is 5.69 Å². The van der Waals surface area contributed by atoms with Crippen molar-refractivity contribution in [3.63, 3.8) is 0 Å². The number of anilines is 1. The normalized spacial score (nSPS) is 11.7. The fourth-order valence-corrected chi connectivity index (χ4v) is 2.54. The van der Waals surface area contributed by atoms with Crippen molar-refractivity contribution in [2.45, 2.75) is 13.0 Å². The molecule has 120 valence electrons. The molecule has 0 aliphatic rings. The zero-order valence-corrected chi connectivity index (χ0v) is 15.0. The molecule has 2 aromatic rings. The lowest BCUT2D eigenvalue weighted by atomic mass is 10.2. The summed E-state index contributed by atoms with van der Waals surface area (Å²) in [7, 11) is 1.63. The summed E-state index contributed by atoms with van der Waals surface area (Å²) in [6, 6.07) is 14.0. The van der Waals surface area contributed by atoms with Gasteiger partial charge in [0.1, 0.15) is 0 Å². The molecule has 0 saturated heterocycles. The number of amides is 1. The number of likely N-dealkylation sites (N-methyl/N-ethyl adjacent to an activating group) is 1. The molecule has 2 rings (SSSR count). The highest BCUT2D eigenvalue weighted by Crippen LogP contribution is 2.22. The number of benzene rings is 2. The Morgan fingerprint density at radius 1 is 1.17 bits per heavy atom. The summed E-state index contributed by atoms with van der Waals surface area (Å²) in [5.41, 5.74) is 0.934. The van der Waals surface area contributed by atoms with Gasteiger partial charge in [-0.2, -0.15) is 0 Å². The Balaban J connectivity index is 2.09. The van der Waals surface area contributed by atoms with E-state index in [-0.39, 0.29) is 16.5 Å². The van der Waals surface area contributed by atoms with E-state index in [9.17, 15) is 9.59 Å².